The Labute approximate surface area is 119 Å². The molecule has 1 aromatic carbocycles. The summed E-state index contributed by atoms with van der Waals surface area (Å²) in [7, 11) is 0. The highest BCUT2D eigenvalue weighted by Crippen LogP contribution is 2.26. The van der Waals surface area contributed by atoms with Crippen LogP contribution in [0.25, 0.3) is 6.08 Å². The molecule has 7 heteroatoms. The summed E-state index contributed by atoms with van der Waals surface area (Å²) in [6.45, 7) is -0.373. The molecule has 0 radical (unpaired) electrons. The number of benzene rings is 1. The van der Waals surface area contributed by atoms with Crippen LogP contribution >= 0.6 is 23.2 Å². The Balaban J connectivity index is 2.59. The first-order valence-electron chi connectivity index (χ1n) is 5.22. The van der Waals surface area contributed by atoms with Gasteiger partial charge in [-0.05, 0) is 17.7 Å². The molecule has 0 spiro atoms. The Morgan fingerprint density at radius 2 is 2.05 bits per heavy atom. The van der Waals surface area contributed by atoms with Gasteiger partial charge in [0.15, 0.2) is 6.10 Å². The zero-order chi connectivity index (χ0) is 14.4. The largest absolute Gasteiger partial charge is 0.479 e. The van der Waals surface area contributed by atoms with E-state index in [4.69, 9.17) is 33.4 Å². The number of aliphatic hydroxyl groups excluding tert-OH is 1. The molecule has 0 saturated carbocycles. The van der Waals surface area contributed by atoms with E-state index in [1.54, 1.807) is 18.2 Å². The van der Waals surface area contributed by atoms with E-state index in [1.807, 2.05) is 0 Å². The van der Waals surface area contributed by atoms with Gasteiger partial charge in [0.2, 0.25) is 5.91 Å². The molecule has 1 rings (SSSR count). The molecule has 1 atom stereocenters. The van der Waals surface area contributed by atoms with Crippen LogP contribution in [0, 0.1) is 0 Å². The monoisotopic (exact) mass is 303 g/mol. The standard InChI is InChI=1S/C12H11Cl2NO4/c13-8-3-1-2-7(11(8)14)4-5-10(17)15-6-9(16)12(18)19/h1-5,9,16H,6H2,(H,15,17)(H,18,19). The molecule has 3 N–H and O–H groups in total. The van der Waals surface area contributed by atoms with Crippen LogP contribution in [0.3, 0.4) is 0 Å². The number of carbonyl (C=O) groups excluding carboxylic acids is 1. The lowest BCUT2D eigenvalue weighted by molar-refractivity contribution is -0.146. The Hall–Kier alpha value is -1.56. The van der Waals surface area contributed by atoms with Gasteiger partial charge in [-0.1, -0.05) is 35.3 Å². The summed E-state index contributed by atoms with van der Waals surface area (Å²) in [5.74, 6) is -1.95. The van der Waals surface area contributed by atoms with Gasteiger partial charge in [0.1, 0.15) is 0 Å². The first kappa shape index (κ1) is 15.5. The number of halogens is 2. The van der Waals surface area contributed by atoms with E-state index in [2.05, 4.69) is 5.32 Å². The van der Waals surface area contributed by atoms with Crippen LogP contribution in [0.2, 0.25) is 10.0 Å². The van der Waals surface area contributed by atoms with Crippen molar-refractivity contribution in [1.29, 1.82) is 0 Å². The average Bonchev–Trinajstić information content (AvgIpc) is 2.37. The summed E-state index contributed by atoms with van der Waals surface area (Å²) in [5.41, 5.74) is 0.558. The molecule has 102 valence electrons. The fraction of sp³-hybridized carbons (Fsp3) is 0.167. The number of rotatable bonds is 5. The summed E-state index contributed by atoms with van der Waals surface area (Å²) >= 11 is 11.7. The Morgan fingerprint density at radius 3 is 2.68 bits per heavy atom. The van der Waals surface area contributed by atoms with Crippen molar-refractivity contribution in [3.63, 3.8) is 0 Å². The number of carboxylic acids is 1. The van der Waals surface area contributed by atoms with Crippen molar-refractivity contribution in [1.82, 2.24) is 5.32 Å². The number of hydrogen-bond donors (Lipinski definition) is 3. The highest BCUT2D eigenvalue weighted by molar-refractivity contribution is 6.42. The van der Waals surface area contributed by atoms with E-state index in [0.717, 1.165) is 0 Å². The molecule has 19 heavy (non-hydrogen) atoms. The smallest absolute Gasteiger partial charge is 0.334 e. The minimum Gasteiger partial charge on any atom is -0.479 e. The van der Waals surface area contributed by atoms with Crippen molar-refractivity contribution in [3.8, 4) is 0 Å². The lowest BCUT2D eigenvalue weighted by Gasteiger charge is -2.05. The molecule has 1 aromatic rings. The van der Waals surface area contributed by atoms with Crippen molar-refractivity contribution in [2.45, 2.75) is 6.10 Å². The van der Waals surface area contributed by atoms with E-state index in [-0.39, 0.29) is 6.54 Å². The van der Waals surface area contributed by atoms with Gasteiger partial charge in [-0.25, -0.2) is 4.79 Å². The van der Waals surface area contributed by atoms with Crippen molar-refractivity contribution >= 4 is 41.2 Å². The van der Waals surface area contributed by atoms with Crippen molar-refractivity contribution in [2.75, 3.05) is 6.54 Å². The van der Waals surface area contributed by atoms with Crippen LogP contribution in [-0.2, 0) is 9.59 Å². The SMILES string of the molecule is O=C(C=Cc1cccc(Cl)c1Cl)NCC(O)C(=O)O. The molecule has 0 aromatic heterocycles. The fourth-order valence-corrected chi connectivity index (χ4v) is 1.53. The van der Waals surface area contributed by atoms with Crippen molar-refractivity contribution in [2.24, 2.45) is 0 Å². The van der Waals surface area contributed by atoms with Gasteiger partial charge in [0, 0.05) is 6.08 Å². The molecule has 0 aliphatic carbocycles. The summed E-state index contributed by atoms with van der Waals surface area (Å²) in [5, 5.41) is 20.3. The van der Waals surface area contributed by atoms with Crippen LogP contribution in [0.1, 0.15) is 5.56 Å². The number of amides is 1. The van der Waals surface area contributed by atoms with E-state index >= 15 is 0 Å². The van der Waals surface area contributed by atoms with Crippen LogP contribution in [0.4, 0.5) is 0 Å². The number of carboxylic acid groups (broad SMARTS) is 1. The minimum absolute atomic E-state index is 0.318. The van der Waals surface area contributed by atoms with Crippen molar-refractivity contribution in [3.05, 3.63) is 39.9 Å². The van der Waals surface area contributed by atoms with Crippen molar-refractivity contribution < 1.29 is 19.8 Å². The van der Waals surface area contributed by atoms with Crippen LogP contribution in [0.15, 0.2) is 24.3 Å². The number of aliphatic carboxylic acids is 1. The van der Waals surface area contributed by atoms with Gasteiger partial charge in [-0.15, -0.1) is 0 Å². The summed E-state index contributed by atoms with van der Waals surface area (Å²) in [4.78, 5) is 21.7. The highest BCUT2D eigenvalue weighted by Gasteiger charge is 2.13. The Kier molecular flexibility index (Phi) is 5.82. The lowest BCUT2D eigenvalue weighted by atomic mass is 10.2. The summed E-state index contributed by atoms with van der Waals surface area (Å²) in [6.07, 6.45) is 0.982. The molecular weight excluding hydrogens is 293 g/mol. The van der Waals surface area contributed by atoms with Gasteiger partial charge in [-0.3, -0.25) is 4.79 Å². The van der Waals surface area contributed by atoms with Gasteiger partial charge in [0.25, 0.3) is 0 Å². The van der Waals surface area contributed by atoms with Gasteiger partial charge < -0.3 is 15.5 Å². The molecule has 0 saturated heterocycles. The highest BCUT2D eigenvalue weighted by atomic mass is 35.5. The third-order valence-corrected chi connectivity index (χ3v) is 2.98. The second-order valence-corrected chi connectivity index (χ2v) is 4.36. The topological polar surface area (TPSA) is 86.6 Å². The summed E-state index contributed by atoms with van der Waals surface area (Å²) in [6, 6.07) is 4.97. The second-order valence-electron chi connectivity index (χ2n) is 3.58. The molecule has 0 aliphatic heterocycles. The van der Waals surface area contributed by atoms with E-state index in [1.165, 1.54) is 12.2 Å². The van der Waals surface area contributed by atoms with Crippen LogP contribution in [0.5, 0.6) is 0 Å². The van der Waals surface area contributed by atoms with E-state index in [9.17, 15) is 9.59 Å². The number of nitrogens with one attached hydrogen (secondary N) is 1. The third-order valence-electron chi connectivity index (χ3n) is 2.15. The third kappa shape index (κ3) is 4.90. The molecule has 1 unspecified atom stereocenters. The number of aliphatic hydroxyl groups is 1. The van der Waals surface area contributed by atoms with Gasteiger partial charge >= 0.3 is 5.97 Å². The first-order valence-corrected chi connectivity index (χ1v) is 5.98. The molecule has 0 aliphatic rings. The summed E-state index contributed by atoms with van der Waals surface area (Å²) < 4.78 is 0. The maximum absolute atomic E-state index is 11.4. The number of hydrogen-bond acceptors (Lipinski definition) is 3. The number of carbonyl (C=O) groups is 2. The molecular formula is C12H11Cl2NO4. The maximum atomic E-state index is 11.4. The molecule has 0 heterocycles. The quantitative estimate of drug-likeness (QED) is 0.721. The molecule has 5 nitrogen and oxygen atoms in total. The van der Waals surface area contributed by atoms with Gasteiger partial charge in [0.05, 0.1) is 16.6 Å². The fourth-order valence-electron chi connectivity index (χ4n) is 1.16. The predicted octanol–water partition coefficient (Wildman–Crippen LogP) is 1.57. The predicted molar refractivity (Wildman–Crippen MR) is 72.1 cm³/mol. The lowest BCUT2D eigenvalue weighted by Crippen LogP contribution is -2.35. The maximum Gasteiger partial charge on any atom is 0.334 e. The van der Waals surface area contributed by atoms with E-state index < -0.39 is 18.0 Å². The minimum atomic E-state index is -1.63. The second kappa shape index (κ2) is 7.13. The van der Waals surface area contributed by atoms with Crippen LogP contribution in [-0.4, -0.2) is 34.7 Å². The normalized spacial score (nSPS) is 12.4. The zero-order valence-electron chi connectivity index (χ0n) is 9.64. The van der Waals surface area contributed by atoms with Crippen LogP contribution < -0.4 is 5.32 Å². The Bertz CT molecular complexity index is 516. The molecule has 1 amide bonds. The average molecular weight is 304 g/mol. The zero-order valence-corrected chi connectivity index (χ0v) is 11.1. The molecule has 0 bridgehead atoms. The van der Waals surface area contributed by atoms with E-state index in [0.29, 0.717) is 15.6 Å². The first-order chi connectivity index (χ1) is 8.91. The molecule has 0 fully saturated rings. The Morgan fingerprint density at radius 1 is 1.37 bits per heavy atom. The van der Waals surface area contributed by atoms with Gasteiger partial charge in [-0.2, -0.15) is 0 Å².